The molecular formula is C21H18ClF2N3O3. The third-order valence-corrected chi connectivity index (χ3v) is 5.65. The maximum atomic E-state index is 14.0. The van der Waals surface area contributed by atoms with Gasteiger partial charge in [0, 0.05) is 11.6 Å². The Morgan fingerprint density at radius 3 is 2.73 bits per heavy atom. The molecule has 2 aliphatic rings. The van der Waals surface area contributed by atoms with E-state index < -0.39 is 40.6 Å². The lowest BCUT2D eigenvalue weighted by molar-refractivity contribution is -0.133. The summed E-state index contributed by atoms with van der Waals surface area (Å²) in [6.07, 6.45) is 0.777. The van der Waals surface area contributed by atoms with Crippen LogP contribution in [0.4, 0.5) is 13.6 Å². The molecule has 1 atom stereocenters. The summed E-state index contributed by atoms with van der Waals surface area (Å²) in [6.45, 7) is 0.200. The van der Waals surface area contributed by atoms with Gasteiger partial charge in [0.1, 0.15) is 17.2 Å². The molecule has 2 aromatic carbocycles. The lowest BCUT2D eigenvalue weighted by Gasteiger charge is -2.38. The maximum absolute atomic E-state index is 14.0. The van der Waals surface area contributed by atoms with Crippen LogP contribution in [0.15, 0.2) is 42.5 Å². The van der Waals surface area contributed by atoms with Crippen LogP contribution in [0.2, 0.25) is 5.02 Å². The van der Waals surface area contributed by atoms with Gasteiger partial charge in [-0.05, 0) is 48.7 Å². The highest BCUT2D eigenvalue weighted by atomic mass is 35.5. The largest absolute Gasteiger partial charge is 0.336 e. The van der Waals surface area contributed by atoms with Crippen molar-refractivity contribution in [2.24, 2.45) is 0 Å². The van der Waals surface area contributed by atoms with Crippen LogP contribution in [0.3, 0.4) is 0 Å². The zero-order valence-corrected chi connectivity index (χ0v) is 16.6. The maximum Gasteiger partial charge on any atom is 0.325 e. The molecule has 2 heterocycles. The SMILES string of the molecule is O=C(c1cc(F)ccc1F)N1CCCC2(C1)NC(=O)N(Cc1cccc(Cl)c1)C2=O. The van der Waals surface area contributed by atoms with Gasteiger partial charge in [-0.3, -0.25) is 14.5 Å². The van der Waals surface area contributed by atoms with Crippen molar-refractivity contribution in [3.8, 4) is 0 Å². The molecule has 2 aromatic rings. The number of benzene rings is 2. The smallest absolute Gasteiger partial charge is 0.325 e. The number of amides is 4. The van der Waals surface area contributed by atoms with Crippen molar-refractivity contribution in [3.05, 3.63) is 70.2 Å². The molecule has 156 valence electrons. The van der Waals surface area contributed by atoms with Gasteiger partial charge < -0.3 is 10.2 Å². The summed E-state index contributed by atoms with van der Waals surface area (Å²) in [4.78, 5) is 40.8. The Hall–Kier alpha value is -3.00. The van der Waals surface area contributed by atoms with E-state index in [2.05, 4.69) is 5.32 Å². The first kappa shape index (κ1) is 20.3. The Balaban J connectivity index is 1.55. The van der Waals surface area contributed by atoms with Gasteiger partial charge in [0.05, 0.1) is 18.7 Å². The molecule has 1 unspecified atom stereocenters. The lowest BCUT2D eigenvalue weighted by atomic mass is 9.88. The second-order valence-electron chi connectivity index (χ2n) is 7.49. The van der Waals surface area contributed by atoms with E-state index in [4.69, 9.17) is 11.6 Å². The molecule has 4 rings (SSSR count). The molecule has 9 heteroatoms. The fourth-order valence-corrected chi connectivity index (χ4v) is 4.19. The number of imide groups is 1. The average molecular weight is 434 g/mol. The van der Waals surface area contributed by atoms with E-state index in [0.717, 1.165) is 23.1 Å². The third-order valence-electron chi connectivity index (χ3n) is 5.41. The second-order valence-corrected chi connectivity index (χ2v) is 7.92. The first-order chi connectivity index (χ1) is 14.3. The van der Waals surface area contributed by atoms with Gasteiger partial charge in [0.15, 0.2) is 0 Å². The van der Waals surface area contributed by atoms with E-state index in [9.17, 15) is 23.2 Å². The van der Waals surface area contributed by atoms with E-state index in [-0.39, 0.29) is 19.6 Å². The molecule has 1 N–H and O–H groups in total. The zero-order valence-electron chi connectivity index (χ0n) is 15.8. The molecule has 0 aromatic heterocycles. The van der Waals surface area contributed by atoms with Gasteiger partial charge in [0.2, 0.25) is 0 Å². The Kier molecular flexibility index (Phi) is 5.19. The molecule has 2 aliphatic heterocycles. The van der Waals surface area contributed by atoms with Crippen molar-refractivity contribution in [2.45, 2.75) is 24.9 Å². The van der Waals surface area contributed by atoms with Crippen molar-refractivity contribution in [3.63, 3.8) is 0 Å². The molecule has 0 bridgehead atoms. The summed E-state index contributed by atoms with van der Waals surface area (Å²) in [5.74, 6) is -2.75. The molecule has 1 spiro atoms. The van der Waals surface area contributed by atoms with E-state index in [1.165, 1.54) is 4.90 Å². The number of rotatable bonds is 3. The number of likely N-dealkylation sites (tertiary alicyclic amines) is 1. The van der Waals surface area contributed by atoms with Gasteiger partial charge >= 0.3 is 6.03 Å². The van der Waals surface area contributed by atoms with Crippen LogP contribution in [-0.4, -0.2) is 46.3 Å². The molecule has 2 fully saturated rings. The normalized spacial score (nSPS) is 21.3. The summed E-state index contributed by atoms with van der Waals surface area (Å²) < 4.78 is 27.6. The van der Waals surface area contributed by atoms with Crippen LogP contribution >= 0.6 is 11.6 Å². The predicted octanol–water partition coefficient (Wildman–Crippen LogP) is 3.35. The van der Waals surface area contributed by atoms with E-state index in [1.54, 1.807) is 24.3 Å². The van der Waals surface area contributed by atoms with Crippen molar-refractivity contribution in [1.82, 2.24) is 15.1 Å². The number of halogens is 3. The summed E-state index contributed by atoms with van der Waals surface area (Å²) in [5, 5.41) is 3.20. The van der Waals surface area contributed by atoms with Crippen molar-refractivity contribution in [2.75, 3.05) is 13.1 Å². The standard InChI is InChI=1S/C21H18ClF2N3O3/c22-14-4-1-3-13(9-14)11-27-19(29)21(25-20(27)30)7-2-8-26(12-21)18(28)16-10-15(23)5-6-17(16)24/h1,3-6,9-10H,2,7-8,11-12H2,(H,25,30). The molecule has 0 saturated carbocycles. The number of carbonyl (C=O) groups is 3. The number of piperidine rings is 1. The van der Waals surface area contributed by atoms with Crippen molar-refractivity contribution >= 4 is 29.4 Å². The molecule has 4 amide bonds. The van der Waals surface area contributed by atoms with Crippen LogP contribution < -0.4 is 5.32 Å². The highest BCUT2D eigenvalue weighted by Gasteiger charge is 2.53. The Bertz CT molecular complexity index is 1050. The summed E-state index contributed by atoms with van der Waals surface area (Å²) in [6, 6.07) is 8.91. The highest BCUT2D eigenvalue weighted by Crippen LogP contribution is 2.30. The number of hydrogen-bond donors (Lipinski definition) is 1. The minimum absolute atomic E-state index is 0.0411. The zero-order chi connectivity index (χ0) is 21.5. The number of nitrogens with one attached hydrogen (secondary N) is 1. The quantitative estimate of drug-likeness (QED) is 0.755. The minimum atomic E-state index is -1.28. The monoisotopic (exact) mass is 433 g/mol. The van der Waals surface area contributed by atoms with Crippen LogP contribution in [-0.2, 0) is 11.3 Å². The first-order valence-electron chi connectivity index (χ1n) is 9.42. The van der Waals surface area contributed by atoms with E-state index >= 15 is 0 Å². The van der Waals surface area contributed by atoms with Crippen LogP contribution in [0.1, 0.15) is 28.8 Å². The van der Waals surface area contributed by atoms with Crippen LogP contribution in [0.25, 0.3) is 0 Å². The Morgan fingerprint density at radius 2 is 1.97 bits per heavy atom. The van der Waals surface area contributed by atoms with Gasteiger partial charge in [-0.25, -0.2) is 13.6 Å². The number of nitrogens with zero attached hydrogens (tertiary/aromatic N) is 2. The number of urea groups is 1. The molecule has 0 radical (unpaired) electrons. The lowest BCUT2D eigenvalue weighted by Crippen LogP contribution is -2.59. The van der Waals surface area contributed by atoms with Gasteiger partial charge in [-0.15, -0.1) is 0 Å². The topological polar surface area (TPSA) is 69.7 Å². The first-order valence-corrected chi connectivity index (χ1v) is 9.80. The third kappa shape index (κ3) is 3.63. The number of hydrogen-bond acceptors (Lipinski definition) is 3. The van der Waals surface area contributed by atoms with Crippen molar-refractivity contribution in [1.29, 1.82) is 0 Å². The fraction of sp³-hybridized carbons (Fsp3) is 0.286. The summed E-state index contributed by atoms with van der Waals surface area (Å²) in [7, 11) is 0. The summed E-state index contributed by atoms with van der Waals surface area (Å²) >= 11 is 5.98. The molecule has 2 saturated heterocycles. The second kappa shape index (κ2) is 7.68. The van der Waals surface area contributed by atoms with E-state index in [0.29, 0.717) is 23.4 Å². The van der Waals surface area contributed by atoms with E-state index in [1.807, 2.05) is 0 Å². The van der Waals surface area contributed by atoms with Crippen LogP contribution in [0.5, 0.6) is 0 Å². The molecule has 30 heavy (non-hydrogen) atoms. The van der Waals surface area contributed by atoms with Gasteiger partial charge in [-0.2, -0.15) is 0 Å². The average Bonchev–Trinajstić information content (AvgIpc) is 2.93. The van der Waals surface area contributed by atoms with Gasteiger partial charge in [-0.1, -0.05) is 23.7 Å². The van der Waals surface area contributed by atoms with Crippen LogP contribution in [0, 0.1) is 11.6 Å². The summed E-state index contributed by atoms with van der Waals surface area (Å²) in [5.41, 5.74) is -0.999. The predicted molar refractivity (Wildman–Crippen MR) is 105 cm³/mol. The Morgan fingerprint density at radius 1 is 1.17 bits per heavy atom. The Labute approximate surface area is 176 Å². The minimum Gasteiger partial charge on any atom is -0.336 e. The van der Waals surface area contributed by atoms with Gasteiger partial charge in [0.25, 0.3) is 11.8 Å². The molecule has 0 aliphatic carbocycles. The highest BCUT2D eigenvalue weighted by molar-refractivity contribution is 6.30. The number of carbonyl (C=O) groups excluding carboxylic acids is 3. The molecular weight excluding hydrogens is 416 g/mol. The fourth-order valence-electron chi connectivity index (χ4n) is 3.98. The molecule has 6 nitrogen and oxygen atoms in total. The van der Waals surface area contributed by atoms with Crippen molar-refractivity contribution < 1.29 is 23.2 Å².